The number of hydrogen-bond acceptors (Lipinski definition) is 2. The highest BCUT2D eigenvalue weighted by molar-refractivity contribution is 7.12. The van der Waals surface area contributed by atoms with E-state index in [0.29, 0.717) is 5.92 Å². The Morgan fingerprint density at radius 2 is 1.73 bits per heavy atom. The van der Waals surface area contributed by atoms with Crippen LogP contribution in [0.1, 0.15) is 20.3 Å². The summed E-state index contributed by atoms with van der Waals surface area (Å²) in [5, 5.41) is 0. The van der Waals surface area contributed by atoms with Gasteiger partial charge in [0.2, 0.25) is 0 Å². The van der Waals surface area contributed by atoms with Crippen molar-refractivity contribution in [3.8, 4) is 0 Å². The molecule has 0 rings (SSSR count). The molecular weight excluding hydrogens is 180 g/mol. The summed E-state index contributed by atoms with van der Waals surface area (Å²) < 4.78 is 10.2. The number of rotatable bonds is 5. The minimum Gasteiger partial charge on any atom is -0.386 e. The summed E-state index contributed by atoms with van der Waals surface area (Å²) in [7, 11) is 0.940. The van der Waals surface area contributed by atoms with Crippen molar-refractivity contribution in [3.05, 3.63) is 0 Å². The van der Waals surface area contributed by atoms with Crippen molar-refractivity contribution in [2.45, 2.75) is 26.3 Å². The van der Waals surface area contributed by atoms with Crippen LogP contribution < -0.4 is 0 Å². The molecule has 0 unspecified atom stereocenters. The van der Waals surface area contributed by atoms with E-state index in [1.165, 1.54) is 0 Å². The Morgan fingerprint density at radius 1 is 1.27 bits per heavy atom. The molecule has 0 aromatic heterocycles. The topological polar surface area (TPSA) is 18.5 Å². The molecule has 0 fully saturated rings. The molecule has 68 valence electrons. The maximum atomic E-state index is 6.05. The summed E-state index contributed by atoms with van der Waals surface area (Å²) in [4.78, 5) is 0. The SMILES string of the molecule is CO[Si](Cl)(CCC(C)C)OC. The second-order valence-corrected chi connectivity index (χ2v) is 7.36. The monoisotopic (exact) mass is 196 g/mol. The number of hydrogen-bond donors (Lipinski definition) is 0. The second-order valence-electron chi connectivity index (χ2n) is 3.00. The highest BCUT2D eigenvalue weighted by Crippen LogP contribution is 2.21. The first-order valence-electron chi connectivity index (χ1n) is 3.83. The summed E-state index contributed by atoms with van der Waals surface area (Å²) >= 11 is 6.05. The van der Waals surface area contributed by atoms with E-state index >= 15 is 0 Å². The van der Waals surface area contributed by atoms with Gasteiger partial charge in [-0.05, 0) is 12.3 Å². The summed E-state index contributed by atoms with van der Waals surface area (Å²) in [5.41, 5.74) is 0. The molecule has 0 aromatic rings. The van der Waals surface area contributed by atoms with E-state index in [2.05, 4.69) is 13.8 Å². The van der Waals surface area contributed by atoms with E-state index in [-0.39, 0.29) is 0 Å². The summed E-state index contributed by atoms with van der Waals surface area (Å²) in [6.45, 7) is 4.33. The zero-order valence-electron chi connectivity index (χ0n) is 7.69. The fraction of sp³-hybridized carbons (Fsp3) is 1.00. The molecule has 0 N–H and O–H groups in total. The van der Waals surface area contributed by atoms with E-state index in [0.717, 1.165) is 12.5 Å². The molecule has 0 bridgehead atoms. The molecule has 0 aromatic carbocycles. The van der Waals surface area contributed by atoms with Crippen LogP contribution in [0.4, 0.5) is 0 Å². The molecule has 0 atom stereocenters. The second kappa shape index (κ2) is 5.14. The third kappa shape index (κ3) is 4.79. The number of halogens is 1. The fourth-order valence-electron chi connectivity index (χ4n) is 0.749. The smallest absolute Gasteiger partial charge is 0.386 e. The lowest BCUT2D eigenvalue weighted by atomic mass is 10.2. The Kier molecular flexibility index (Phi) is 5.34. The summed E-state index contributed by atoms with van der Waals surface area (Å²) in [5.74, 6) is 0.658. The maximum Gasteiger partial charge on any atom is 0.442 e. The van der Waals surface area contributed by atoms with Crippen molar-refractivity contribution < 1.29 is 8.85 Å². The largest absolute Gasteiger partial charge is 0.442 e. The van der Waals surface area contributed by atoms with Crippen molar-refractivity contribution in [2.24, 2.45) is 5.92 Å². The predicted octanol–water partition coefficient (Wildman–Crippen LogP) is 2.50. The van der Waals surface area contributed by atoms with Crippen molar-refractivity contribution in [2.75, 3.05) is 14.2 Å². The standard InChI is InChI=1S/C7H17ClO2Si/c1-7(2)5-6-11(8,9-3)10-4/h7H,5-6H2,1-4H3. The molecule has 0 aliphatic rings. The van der Waals surface area contributed by atoms with Crippen LogP contribution in [-0.2, 0) is 8.85 Å². The molecule has 0 aliphatic carbocycles. The van der Waals surface area contributed by atoms with Crippen LogP contribution in [0.15, 0.2) is 0 Å². The third-order valence-corrected chi connectivity index (χ3v) is 5.23. The van der Waals surface area contributed by atoms with Crippen molar-refractivity contribution >= 4 is 18.9 Å². The summed E-state index contributed by atoms with van der Waals surface area (Å²) in [6.07, 6.45) is 1.07. The van der Waals surface area contributed by atoms with E-state index in [1.807, 2.05) is 0 Å². The van der Waals surface area contributed by atoms with Gasteiger partial charge in [0.25, 0.3) is 0 Å². The van der Waals surface area contributed by atoms with E-state index in [4.69, 9.17) is 19.9 Å². The molecule has 0 saturated carbocycles. The predicted molar refractivity (Wildman–Crippen MR) is 49.9 cm³/mol. The lowest BCUT2D eigenvalue weighted by Gasteiger charge is -2.20. The Labute approximate surface area is 74.8 Å². The average molecular weight is 197 g/mol. The van der Waals surface area contributed by atoms with Gasteiger partial charge in [-0.25, -0.2) is 0 Å². The molecular formula is C7H17ClO2Si. The first kappa shape index (κ1) is 11.4. The first-order chi connectivity index (χ1) is 5.04. The molecule has 4 heteroatoms. The van der Waals surface area contributed by atoms with Crippen LogP contribution in [0.5, 0.6) is 0 Å². The van der Waals surface area contributed by atoms with Gasteiger partial charge in [-0.15, -0.1) is 0 Å². The van der Waals surface area contributed by atoms with Crippen LogP contribution in [0, 0.1) is 5.92 Å². The minimum atomic E-state index is -2.29. The van der Waals surface area contributed by atoms with Gasteiger partial charge in [0.05, 0.1) is 0 Å². The van der Waals surface area contributed by atoms with Gasteiger partial charge in [-0.1, -0.05) is 24.9 Å². The minimum absolute atomic E-state index is 0.658. The third-order valence-electron chi connectivity index (χ3n) is 1.63. The molecule has 0 radical (unpaired) electrons. The van der Waals surface area contributed by atoms with Crippen LogP contribution in [0.3, 0.4) is 0 Å². The maximum absolute atomic E-state index is 6.05. The van der Waals surface area contributed by atoms with Gasteiger partial charge in [0, 0.05) is 20.3 Å². The molecule has 0 spiro atoms. The van der Waals surface area contributed by atoms with Crippen molar-refractivity contribution in [3.63, 3.8) is 0 Å². The van der Waals surface area contributed by atoms with E-state index in [1.54, 1.807) is 14.2 Å². The normalized spacial score (nSPS) is 12.5. The van der Waals surface area contributed by atoms with Gasteiger partial charge in [-0.3, -0.25) is 0 Å². The molecule has 0 aliphatic heterocycles. The van der Waals surface area contributed by atoms with Gasteiger partial charge in [0.15, 0.2) is 0 Å². The highest BCUT2D eigenvalue weighted by atomic mass is 35.6. The van der Waals surface area contributed by atoms with Gasteiger partial charge in [0.1, 0.15) is 0 Å². The molecule has 2 nitrogen and oxygen atoms in total. The van der Waals surface area contributed by atoms with Gasteiger partial charge >= 0.3 is 7.87 Å². The summed E-state index contributed by atoms with van der Waals surface area (Å²) in [6, 6.07) is 0.860. The molecule has 11 heavy (non-hydrogen) atoms. The quantitative estimate of drug-likeness (QED) is 0.497. The first-order valence-corrected chi connectivity index (χ1v) is 6.87. The van der Waals surface area contributed by atoms with Crippen LogP contribution in [0.25, 0.3) is 0 Å². The van der Waals surface area contributed by atoms with Crippen LogP contribution in [-0.4, -0.2) is 22.1 Å². The Balaban J connectivity index is 3.69. The Morgan fingerprint density at radius 3 is 2.00 bits per heavy atom. The van der Waals surface area contributed by atoms with Gasteiger partial charge < -0.3 is 8.85 Å². The Hall–Kier alpha value is 0.427. The zero-order chi connectivity index (χ0) is 8.91. The van der Waals surface area contributed by atoms with Gasteiger partial charge in [-0.2, -0.15) is 0 Å². The van der Waals surface area contributed by atoms with Crippen LogP contribution in [0.2, 0.25) is 6.04 Å². The molecule has 0 heterocycles. The molecule has 0 amide bonds. The van der Waals surface area contributed by atoms with E-state index in [9.17, 15) is 0 Å². The lowest BCUT2D eigenvalue weighted by molar-refractivity contribution is 0.262. The fourth-order valence-corrected chi connectivity index (χ4v) is 2.57. The lowest BCUT2D eigenvalue weighted by Crippen LogP contribution is -2.33. The van der Waals surface area contributed by atoms with Crippen molar-refractivity contribution in [1.29, 1.82) is 0 Å². The zero-order valence-corrected chi connectivity index (χ0v) is 9.44. The Bertz CT molecular complexity index is 105. The highest BCUT2D eigenvalue weighted by Gasteiger charge is 2.32. The molecule has 0 saturated heterocycles. The van der Waals surface area contributed by atoms with E-state index < -0.39 is 7.87 Å². The van der Waals surface area contributed by atoms with Crippen molar-refractivity contribution in [1.82, 2.24) is 0 Å². The van der Waals surface area contributed by atoms with Crippen LogP contribution >= 0.6 is 11.1 Å². The average Bonchev–Trinajstić information content (AvgIpc) is 2.00.